The number of hydrogen-bond acceptors (Lipinski definition) is 10. The maximum absolute atomic E-state index is 12.4. The summed E-state index contributed by atoms with van der Waals surface area (Å²) in [7, 11) is 0.833. The minimum atomic E-state index is -1.15. The molecule has 0 amide bonds. The van der Waals surface area contributed by atoms with Crippen molar-refractivity contribution in [3.63, 3.8) is 0 Å². The Morgan fingerprint density at radius 2 is 0.717 bits per heavy atom. The van der Waals surface area contributed by atoms with E-state index in [2.05, 4.69) is 158 Å². The second kappa shape index (κ2) is 37.5. The Labute approximate surface area is 607 Å². The molecular weight excluding hydrogens is 1380 g/mol. The third-order valence-corrected chi connectivity index (χ3v) is 19.4. The monoisotopic (exact) mass is 1470 g/mol. The summed E-state index contributed by atoms with van der Waals surface area (Å²) in [4.78, 5) is 4.76. The van der Waals surface area contributed by atoms with Crippen molar-refractivity contribution < 1.29 is 54.7 Å². The quantitative estimate of drug-likeness (QED) is 0.0582. The number of morpholine rings is 3. The van der Waals surface area contributed by atoms with E-state index in [1.807, 2.05) is 176 Å². The number of benzene rings is 11. The summed E-state index contributed by atoms with van der Waals surface area (Å²) in [6.07, 6.45) is 0.519. The van der Waals surface area contributed by atoms with Crippen molar-refractivity contribution in [1.82, 2.24) is 15.1 Å². The van der Waals surface area contributed by atoms with Crippen LogP contribution in [-0.2, 0) is 88.5 Å². The average molecular weight is 1470 g/mol. The molecule has 13 heteroatoms. The van der Waals surface area contributed by atoms with Gasteiger partial charge in [-0.05, 0) is 72.8 Å². The molecule has 0 saturated carbocycles. The molecule has 3 aliphatic heterocycles. The molecule has 11 aromatic carbocycles. The standard InChI is InChI=1S/C31H31NO2.C25H26BrNO2.C24H25NO2.C6H5BO.Pd/c33-31(28-17-8-3-9-18-28,22-27-16-10-11-19-29(27)26-14-6-2-7-15-26)30-24-32(20-21-34-30)23-25-12-4-1-5-13-25;26-23-14-8-7-11-21(23)17-25(28,22-12-5-2-6-13-22)24-19-27(15-16-29-24)18-20-9-3-1-4-10-20;26-24(21-12-5-2-6-13-21,23-18-25-15-16-27-23)17-20-11-7-8-14-22(20)19-9-3-1-4-10-19;8-7-6-4-2-1-3-5-6;/h1-19,30,33H,20-24H2;1-14,24,28H,15-19H2;1-14,23,25-26H,15-18H2;1-5H;/t30-,31+;24-,25+;23-,24+;;/m000../s1. The predicted molar refractivity (Wildman–Crippen MR) is 398 cm³/mol. The Morgan fingerprint density at radius 1 is 0.394 bits per heavy atom. The van der Waals surface area contributed by atoms with Crippen molar-refractivity contribution in [2.45, 2.75) is 67.5 Å². The van der Waals surface area contributed by atoms with Gasteiger partial charge in [-0.1, -0.05) is 295 Å². The van der Waals surface area contributed by atoms with Gasteiger partial charge in [-0.15, -0.1) is 0 Å². The van der Waals surface area contributed by atoms with Crippen molar-refractivity contribution in [2.75, 3.05) is 59.1 Å². The Kier molecular flexibility index (Phi) is 27.9. The fourth-order valence-electron chi connectivity index (χ4n) is 13.4. The molecule has 99 heavy (non-hydrogen) atoms. The summed E-state index contributed by atoms with van der Waals surface area (Å²) in [5.41, 5.74) is 10.5. The van der Waals surface area contributed by atoms with Gasteiger partial charge in [0.15, 0.2) is 0 Å². The van der Waals surface area contributed by atoms with Gasteiger partial charge in [-0.25, -0.2) is 0 Å². The molecule has 0 spiro atoms. The summed E-state index contributed by atoms with van der Waals surface area (Å²) in [5.74, 6) is 0. The molecule has 3 heterocycles. The molecule has 11 aromatic rings. The van der Waals surface area contributed by atoms with Crippen molar-refractivity contribution >= 4 is 28.5 Å². The van der Waals surface area contributed by atoms with Crippen molar-refractivity contribution in [3.05, 3.63) is 364 Å². The number of hydrogen-bond donors (Lipinski definition) is 4. The molecule has 0 aromatic heterocycles. The molecule has 0 radical (unpaired) electrons. The average Bonchev–Trinajstić information content (AvgIpc) is 0.789. The predicted octanol–water partition coefficient (Wildman–Crippen LogP) is 14.6. The fraction of sp³-hybridized carbons (Fsp3) is 0.233. The Balaban J connectivity index is 0.000000152. The first kappa shape index (κ1) is 73.8. The van der Waals surface area contributed by atoms with Gasteiger partial charge >= 0.3 is 47.6 Å². The number of nitrogens with one attached hydrogen (secondary N) is 1. The molecule has 0 bridgehead atoms. The van der Waals surface area contributed by atoms with Gasteiger partial charge in [0, 0.05) is 96.5 Å². The second-order valence-electron chi connectivity index (χ2n) is 25.3. The zero-order valence-electron chi connectivity index (χ0n) is 55.8. The SMILES string of the molecule is O=Bc1ccccc1.O[C@](Cc1ccccc1-c1ccccc1)(c1ccccc1)[C@@H]1CN(Cc2ccccc2)CCO1.O[C@](Cc1ccccc1-c1ccccc1)(c1ccccc1)[C@@H]1CNCCO1.O[C@](Cc1ccccc1Br)(c1ccccc1)[C@@H]1CN(Cc2ccccc2)CCO1.[Pd]. The first-order valence-electron chi connectivity index (χ1n) is 34.0. The van der Waals surface area contributed by atoms with E-state index < -0.39 is 16.8 Å². The molecule has 14 rings (SSSR count). The first-order chi connectivity index (χ1) is 48.1. The summed E-state index contributed by atoms with van der Waals surface area (Å²) in [6, 6.07) is 105. The number of ether oxygens (including phenoxy) is 3. The number of halogens is 1. The van der Waals surface area contributed by atoms with E-state index in [1.54, 1.807) is 12.1 Å². The van der Waals surface area contributed by atoms with E-state index in [-0.39, 0.29) is 38.7 Å². The number of nitrogens with zero attached hydrogens (tertiary/aromatic N) is 2. The maximum Gasteiger partial charge on any atom is 0.121 e. The van der Waals surface area contributed by atoms with E-state index in [0.29, 0.717) is 58.7 Å². The van der Waals surface area contributed by atoms with E-state index in [9.17, 15) is 20.0 Å². The van der Waals surface area contributed by atoms with Gasteiger partial charge in [-0.3, -0.25) is 9.80 Å². The van der Waals surface area contributed by atoms with Crippen LogP contribution in [0.5, 0.6) is 0 Å². The second-order valence-corrected chi connectivity index (χ2v) is 26.1. The van der Waals surface area contributed by atoms with Crippen molar-refractivity contribution in [3.8, 4) is 22.3 Å². The molecule has 10 nitrogen and oxygen atoms in total. The summed E-state index contributed by atoms with van der Waals surface area (Å²) in [6.45, 7) is 8.09. The number of aliphatic hydroxyl groups is 3. The van der Waals surface area contributed by atoms with Crippen LogP contribution >= 0.6 is 15.9 Å². The maximum atomic E-state index is 12.4. The topological polar surface area (TPSA) is 124 Å². The summed E-state index contributed by atoms with van der Waals surface area (Å²) in [5, 5.41) is 39.6. The molecular formula is C86H87BBrN3O7Pd. The molecule has 3 aliphatic rings. The fourth-order valence-corrected chi connectivity index (χ4v) is 13.8. The zero-order valence-corrected chi connectivity index (χ0v) is 58.9. The van der Waals surface area contributed by atoms with Gasteiger partial charge in [0.2, 0.25) is 0 Å². The molecule has 0 unspecified atom stereocenters. The van der Waals surface area contributed by atoms with Crippen LogP contribution < -0.4 is 10.8 Å². The minimum Gasteiger partial charge on any atom is -0.382 e. The third kappa shape index (κ3) is 20.2. The Bertz CT molecular complexity index is 4140. The van der Waals surface area contributed by atoms with Crippen LogP contribution in [0, 0.1) is 0 Å². The summed E-state index contributed by atoms with van der Waals surface area (Å²) >= 11 is 3.64. The van der Waals surface area contributed by atoms with Crippen LogP contribution in [0.15, 0.2) is 320 Å². The normalized spacial score (nSPS) is 18.0. The van der Waals surface area contributed by atoms with Crippen LogP contribution in [0.4, 0.5) is 0 Å². The van der Waals surface area contributed by atoms with Gasteiger partial charge in [0.05, 0.1) is 19.8 Å². The largest absolute Gasteiger partial charge is 0.382 e. The Morgan fingerprint density at radius 3 is 1.09 bits per heavy atom. The van der Waals surface area contributed by atoms with Crippen LogP contribution in [0.2, 0.25) is 0 Å². The van der Waals surface area contributed by atoms with Crippen molar-refractivity contribution in [2.24, 2.45) is 0 Å². The van der Waals surface area contributed by atoms with E-state index >= 15 is 0 Å². The molecule has 3 saturated heterocycles. The molecule has 4 N–H and O–H groups in total. The van der Waals surface area contributed by atoms with Crippen LogP contribution in [0.1, 0.15) is 44.5 Å². The molecule has 3 fully saturated rings. The van der Waals surface area contributed by atoms with Gasteiger partial charge < -0.3 is 34.8 Å². The van der Waals surface area contributed by atoms with Gasteiger partial charge in [0.1, 0.15) is 35.1 Å². The molecule has 6 atom stereocenters. The molecule has 0 aliphatic carbocycles. The molecule has 508 valence electrons. The van der Waals surface area contributed by atoms with Crippen LogP contribution in [0.25, 0.3) is 22.3 Å². The number of rotatable bonds is 19. The van der Waals surface area contributed by atoms with Crippen LogP contribution in [0.3, 0.4) is 0 Å². The smallest absolute Gasteiger partial charge is 0.121 e. The first-order valence-corrected chi connectivity index (χ1v) is 34.8. The van der Waals surface area contributed by atoms with Crippen molar-refractivity contribution in [1.29, 1.82) is 0 Å². The van der Waals surface area contributed by atoms with Gasteiger partial charge in [0.25, 0.3) is 0 Å². The summed E-state index contributed by atoms with van der Waals surface area (Å²) < 4.78 is 29.5. The van der Waals surface area contributed by atoms with E-state index in [0.717, 1.165) is 105 Å². The minimum absolute atomic E-state index is 0. The van der Waals surface area contributed by atoms with Gasteiger partial charge in [-0.2, -0.15) is 0 Å². The Hall–Kier alpha value is -7.93. The third-order valence-electron chi connectivity index (χ3n) is 18.6. The van der Waals surface area contributed by atoms with Crippen LogP contribution in [-0.4, -0.2) is 110 Å². The zero-order chi connectivity index (χ0) is 67.7. The van der Waals surface area contributed by atoms with E-state index in [1.165, 1.54) is 11.1 Å². The van der Waals surface area contributed by atoms with E-state index in [4.69, 9.17) is 14.2 Å².